The van der Waals surface area contributed by atoms with Crippen LogP contribution in [0.1, 0.15) is 67.6 Å². The largest absolute Gasteiger partial charge is 0.361 e. The van der Waals surface area contributed by atoms with Crippen LogP contribution in [0.5, 0.6) is 0 Å². The minimum Gasteiger partial charge on any atom is -0.361 e. The SMILES string of the molecule is Cc1cc(C[S@@](=O)[C@H](C)c2nnnn2C2CCCCC2)no1. The Balaban J connectivity index is 1.73. The van der Waals surface area contributed by atoms with E-state index in [1.165, 1.54) is 19.3 Å². The highest BCUT2D eigenvalue weighted by atomic mass is 32.2. The standard InChI is InChI=1S/C14H21N5O2S/c1-10-8-12(16-21-10)9-22(20)11(2)14-15-17-18-19(14)13-6-4-3-5-7-13/h8,11,13H,3-7,9H2,1-2H3/t11-,22-/m1/s1. The van der Waals surface area contributed by atoms with Gasteiger partial charge in [0.15, 0.2) is 5.82 Å². The summed E-state index contributed by atoms with van der Waals surface area (Å²) < 4.78 is 19.5. The van der Waals surface area contributed by atoms with E-state index in [1.807, 2.05) is 24.6 Å². The Hall–Kier alpha value is -1.57. The third-order valence-corrected chi connectivity index (χ3v) is 5.74. The van der Waals surface area contributed by atoms with E-state index in [0.29, 0.717) is 23.3 Å². The second-order valence-electron chi connectivity index (χ2n) is 5.87. The summed E-state index contributed by atoms with van der Waals surface area (Å²) in [6, 6.07) is 2.15. The van der Waals surface area contributed by atoms with Gasteiger partial charge in [0, 0.05) is 16.9 Å². The highest BCUT2D eigenvalue weighted by Gasteiger charge is 2.26. The highest BCUT2D eigenvalue weighted by molar-refractivity contribution is 7.84. The second-order valence-corrected chi connectivity index (χ2v) is 7.63. The van der Waals surface area contributed by atoms with Gasteiger partial charge in [0.25, 0.3) is 0 Å². The Morgan fingerprint density at radius 3 is 2.86 bits per heavy atom. The van der Waals surface area contributed by atoms with Gasteiger partial charge in [0.05, 0.1) is 22.7 Å². The van der Waals surface area contributed by atoms with E-state index in [4.69, 9.17) is 4.52 Å². The molecule has 0 spiro atoms. The second kappa shape index (κ2) is 6.68. The van der Waals surface area contributed by atoms with Gasteiger partial charge in [-0.15, -0.1) is 5.10 Å². The Labute approximate surface area is 131 Å². The molecule has 2 atom stereocenters. The van der Waals surface area contributed by atoms with Crippen LogP contribution in [0.15, 0.2) is 10.6 Å². The summed E-state index contributed by atoms with van der Waals surface area (Å²) >= 11 is 0. The Morgan fingerprint density at radius 2 is 2.18 bits per heavy atom. The fourth-order valence-corrected chi connectivity index (χ4v) is 4.00. The van der Waals surface area contributed by atoms with Gasteiger partial charge in [-0.05, 0) is 37.1 Å². The van der Waals surface area contributed by atoms with Crippen LogP contribution in [0.3, 0.4) is 0 Å². The molecule has 0 N–H and O–H groups in total. The quantitative estimate of drug-likeness (QED) is 0.840. The van der Waals surface area contributed by atoms with Gasteiger partial charge in [0.1, 0.15) is 5.76 Å². The predicted molar refractivity (Wildman–Crippen MR) is 81.4 cm³/mol. The molecule has 7 nitrogen and oxygen atoms in total. The lowest BCUT2D eigenvalue weighted by atomic mass is 9.95. The molecule has 0 aromatic carbocycles. The lowest BCUT2D eigenvalue weighted by molar-refractivity contribution is 0.316. The van der Waals surface area contributed by atoms with Gasteiger partial charge in [-0.25, -0.2) is 4.68 Å². The molecule has 1 fully saturated rings. The molecule has 0 bridgehead atoms. The van der Waals surface area contributed by atoms with E-state index in [2.05, 4.69) is 20.7 Å². The normalized spacial score (nSPS) is 19.2. The van der Waals surface area contributed by atoms with Gasteiger partial charge in [-0.2, -0.15) is 0 Å². The van der Waals surface area contributed by atoms with E-state index >= 15 is 0 Å². The number of nitrogens with zero attached hydrogens (tertiary/aromatic N) is 5. The predicted octanol–water partition coefficient (Wildman–Crippen LogP) is 2.48. The summed E-state index contributed by atoms with van der Waals surface area (Å²) in [7, 11) is -1.13. The van der Waals surface area contributed by atoms with E-state index in [-0.39, 0.29) is 5.25 Å². The zero-order chi connectivity index (χ0) is 15.5. The molecule has 8 heteroatoms. The Kier molecular flexibility index (Phi) is 4.66. The molecule has 1 saturated carbocycles. The van der Waals surface area contributed by atoms with Gasteiger partial charge < -0.3 is 4.52 Å². The fraction of sp³-hybridized carbons (Fsp3) is 0.714. The molecule has 0 amide bonds. The summed E-state index contributed by atoms with van der Waals surface area (Å²) in [6.07, 6.45) is 5.89. The summed E-state index contributed by atoms with van der Waals surface area (Å²) in [5, 5.41) is 15.7. The topological polar surface area (TPSA) is 86.7 Å². The molecule has 2 aromatic heterocycles. The van der Waals surface area contributed by atoms with Crippen LogP contribution in [0.2, 0.25) is 0 Å². The highest BCUT2D eigenvalue weighted by Crippen LogP contribution is 2.30. The van der Waals surface area contributed by atoms with Crippen molar-refractivity contribution < 1.29 is 8.73 Å². The van der Waals surface area contributed by atoms with Crippen LogP contribution in [0, 0.1) is 6.92 Å². The molecular weight excluding hydrogens is 302 g/mol. The number of tetrazole rings is 1. The number of rotatable bonds is 5. The summed E-state index contributed by atoms with van der Waals surface area (Å²) in [5.41, 5.74) is 0.708. The third kappa shape index (κ3) is 3.26. The van der Waals surface area contributed by atoms with Crippen molar-refractivity contribution in [2.45, 2.75) is 63.0 Å². The molecule has 0 unspecified atom stereocenters. The molecular formula is C14H21N5O2S. The maximum atomic E-state index is 12.6. The summed E-state index contributed by atoms with van der Waals surface area (Å²) in [6.45, 7) is 3.74. The summed E-state index contributed by atoms with van der Waals surface area (Å²) in [4.78, 5) is 0. The molecule has 1 aliphatic carbocycles. The molecule has 0 radical (unpaired) electrons. The first-order valence-corrected chi connectivity index (χ1v) is 9.10. The van der Waals surface area contributed by atoms with Crippen LogP contribution in [0.4, 0.5) is 0 Å². The minimum absolute atomic E-state index is 0.228. The Morgan fingerprint density at radius 1 is 1.41 bits per heavy atom. The first kappa shape index (κ1) is 15.3. The van der Waals surface area contributed by atoms with Crippen LogP contribution >= 0.6 is 0 Å². The van der Waals surface area contributed by atoms with E-state index in [1.54, 1.807) is 0 Å². The van der Waals surface area contributed by atoms with Gasteiger partial charge in [-0.3, -0.25) is 4.21 Å². The van der Waals surface area contributed by atoms with Gasteiger partial charge >= 0.3 is 0 Å². The maximum absolute atomic E-state index is 12.6. The molecule has 2 aromatic rings. The van der Waals surface area contributed by atoms with Crippen LogP contribution in [-0.4, -0.2) is 29.6 Å². The van der Waals surface area contributed by atoms with Crippen molar-refractivity contribution in [2.75, 3.05) is 0 Å². The number of aryl methyl sites for hydroxylation is 1. The molecule has 1 aliphatic rings. The molecule has 0 aliphatic heterocycles. The lowest BCUT2D eigenvalue weighted by Gasteiger charge is -2.23. The van der Waals surface area contributed by atoms with E-state index < -0.39 is 10.8 Å². The molecule has 22 heavy (non-hydrogen) atoms. The molecule has 2 heterocycles. The first-order valence-electron chi connectivity index (χ1n) is 7.72. The zero-order valence-corrected chi connectivity index (χ0v) is 13.8. The number of aromatic nitrogens is 5. The van der Waals surface area contributed by atoms with Gasteiger partial charge in [0.2, 0.25) is 0 Å². The number of hydrogen-bond donors (Lipinski definition) is 0. The summed E-state index contributed by atoms with van der Waals surface area (Å²) in [5.74, 6) is 1.80. The lowest BCUT2D eigenvalue weighted by Crippen LogP contribution is -2.20. The third-order valence-electron chi connectivity index (χ3n) is 4.16. The minimum atomic E-state index is -1.13. The van der Waals surface area contributed by atoms with Crippen molar-refractivity contribution in [3.8, 4) is 0 Å². The number of hydrogen-bond acceptors (Lipinski definition) is 6. The van der Waals surface area contributed by atoms with Gasteiger partial charge in [-0.1, -0.05) is 24.4 Å². The smallest absolute Gasteiger partial charge is 0.166 e. The average Bonchev–Trinajstić information content (AvgIpc) is 3.16. The average molecular weight is 323 g/mol. The van der Waals surface area contributed by atoms with Crippen molar-refractivity contribution in [2.24, 2.45) is 0 Å². The molecule has 3 rings (SSSR count). The van der Waals surface area contributed by atoms with Crippen molar-refractivity contribution in [3.63, 3.8) is 0 Å². The van der Waals surface area contributed by atoms with E-state index in [0.717, 1.165) is 18.6 Å². The van der Waals surface area contributed by atoms with Crippen molar-refractivity contribution >= 4 is 10.8 Å². The molecule has 120 valence electrons. The fourth-order valence-electron chi connectivity index (χ4n) is 2.93. The van der Waals surface area contributed by atoms with Crippen molar-refractivity contribution in [3.05, 3.63) is 23.3 Å². The zero-order valence-electron chi connectivity index (χ0n) is 12.9. The molecule has 0 saturated heterocycles. The van der Waals surface area contributed by atoms with Crippen LogP contribution < -0.4 is 0 Å². The van der Waals surface area contributed by atoms with E-state index in [9.17, 15) is 4.21 Å². The monoisotopic (exact) mass is 323 g/mol. The Bertz CT molecular complexity index is 647. The van der Waals surface area contributed by atoms with Crippen LogP contribution in [-0.2, 0) is 16.6 Å². The van der Waals surface area contributed by atoms with Crippen molar-refractivity contribution in [1.29, 1.82) is 0 Å². The first-order chi connectivity index (χ1) is 10.6. The van der Waals surface area contributed by atoms with Crippen LogP contribution in [0.25, 0.3) is 0 Å². The maximum Gasteiger partial charge on any atom is 0.166 e. The van der Waals surface area contributed by atoms with Crippen molar-refractivity contribution in [1.82, 2.24) is 25.4 Å².